The van der Waals surface area contributed by atoms with Gasteiger partial charge in [0.2, 0.25) is 17.8 Å². The van der Waals surface area contributed by atoms with Crippen molar-refractivity contribution in [3.63, 3.8) is 0 Å². The van der Waals surface area contributed by atoms with Crippen LogP contribution in [0.1, 0.15) is 5.56 Å². The number of rotatable bonds is 6. The van der Waals surface area contributed by atoms with Gasteiger partial charge in [0.05, 0.1) is 6.61 Å². The summed E-state index contributed by atoms with van der Waals surface area (Å²) in [6.07, 6.45) is 0. The van der Waals surface area contributed by atoms with E-state index in [2.05, 4.69) is 20.3 Å². The minimum atomic E-state index is -0.0394. The molecule has 2 aromatic rings. The van der Waals surface area contributed by atoms with Gasteiger partial charge in [0.25, 0.3) is 0 Å². The van der Waals surface area contributed by atoms with E-state index in [-0.39, 0.29) is 25.1 Å². The molecule has 0 aliphatic heterocycles. The number of nitrogens with zero attached hydrogens (tertiary/aromatic N) is 3. The standard InChI is InChI=1S/C12H16N6O2/c13-10-16-11(14)18-12(17-10)15-7-8-3-1-2-4-9(8)20-6-5-19/h1-4,19H,5-7H2,(H5,13,14,15,16,17,18). The van der Waals surface area contributed by atoms with Crippen molar-refractivity contribution in [1.29, 1.82) is 0 Å². The summed E-state index contributed by atoms with van der Waals surface area (Å²) < 4.78 is 5.43. The minimum Gasteiger partial charge on any atom is -0.491 e. The highest BCUT2D eigenvalue weighted by Crippen LogP contribution is 2.18. The Labute approximate surface area is 115 Å². The number of hydrogen-bond acceptors (Lipinski definition) is 8. The molecule has 0 aliphatic carbocycles. The second-order valence-electron chi connectivity index (χ2n) is 3.91. The Bertz CT molecular complexity index is 557. The van der Waals surface area contributed by atoms with Gasteiger partial charge >= 0.3 is 0 Å². The van der Waals surface area contributed by atoms with Crippen LogP contribution in [-0.2, 0) is 6.54 Å². The molecule has 0 radical (unpaired) electrons. The van der Waals surface area contributed by atoms with E-state index in [9.17, 15) is 0 Å². The highest BCUT2D eigenvalue weighted by Gasteiger charge is 2.05. The zero-order valence-electron chi connectivity index (χ0n) is 10.8. The maximum Gasteiger partial charge on any atom is 0.229 e. The van der Waals surface area contributed by atoms with Crippen LogP contribution >= 0.6 is 0 Å². The largest absolute Gasteiger partial charge is 0.491 e. The fourth-order valence-electron chi connectivity index (χ4n) is 1.61. The van der Waals surface area contributed by atoms with Crippen LogP contribution in [0.25, 0.3) is 0 Å². The fraction of sp³-hybridized carbons (Fsp3) is 0.250. The zero-order chi connectivity index (χ0) is 14.4. The molecule has 0 aliphatic rings. The van der Waals surface area contributed by atoms with Crippen LogP contribution < -0.4 is 21.5 Å². The molecular formula is C12H16N6O2. The first-order valence-corrected chi connectivity index (χ1v) is 6.01. The summed E-state index contributed by atoms with van der Waals surface area (Å²) in [5.74, 6) is 1.10. The van der Waals surface area contributed by atoms with Crippen molar-refractivity contribution in [2.24, 2.45) is 0 Å². The van der Waals surface area contributed by atoms with E-state index < -0.39 is 0 Å². The van der Waals surface area contributed by atoms with Crippen molar-refractivity contribution >= 4 is 17.8 Å². The predicted octanol–water partition coefficient (Wildman–Crippen LogP) is 0.0192. The number of para-hydroxylation sites is 1. The van der Waals surface area contributed by atoms with Crippen molar-refractivity contribution in [3.05, 3.63) is 29.8 Å². The highest BCUT2D eigenvalue weighted by molar-refractivity contribution is 5.40. The van der Waals surface area contributed by atoms with E-state index in [1.54, 1.807) is 0 Å². The van der Waals surface area contributed by atoms with Gasteiger partial charge in [0.15, 0.2) is 0 Å². The lowest BCUT2D eigenvalue weighted by molar-refractivity contribution is 0.200. The molecule has 6 N–H and O–H groups in total. The van der Waals surface area contributed by atoms with Crippen molar-refractivity contribution in [2.45, 2.75) is 6.54 Å². The van der Waals surface area contributed by atoms with E-state index >= 15 is 0 Å². The monoisotopic (exact) mass is 276 g/mol. The van der Waals surface area contributed by atoms with Gasteiger partial charge in [0, 0.05) is 12.1 Å². The number of nitrogen functional groups attached to an aromatic ring is 2. The van der Waals surface area contributed by atoms with Crippen molar-refractivity contribution in [1.82, 2.24) is 15.0 Å². The van der Waals surface area contributed by atoms with E-state index in [0.717, 1.165) is 5.56 Å². The van der Waals surface area contributed by atoms with E-state index in [0.29, 0.717) is 18.2 Å². The van der Waals surface area contributed by atoms with Crippen LogP contribution in [0, 0.1) is 0 Å². The number of hydrogen-bond donors (Lipinski definition) is 4. The van der Waals surface area contributed by atoms with E-state index in [4.69, 9.17) is 21.3 Å². The summed E-state index contributed by atoms with van der Waals surface area (Å²) in [6.45, 7) is 0.634. The number of ether oxygens (including phenoxy) is 1. The van der Waals surface area contributed by atoms with Crippen LogP contribution in [-0.4, -0.2) is 33.3 Å². The maximum absolute atomic E-state index is 8.79. The highest BCUT2D eigenvalue weighted by atomic mass is 16.5. The third kappa shape index (κ3) is 3.69. The van der Waals surface area contributed by atoms with Gasteiger partial charge in [0.1, 0.15) is 12.4 Å². The van der Waals surface area contributed by atoms with Gasteiger partial charge in [-0.3, -0.25) is 0 Å². The van der Waals surface area contributed by atoms with Gasteiger partial charge in [-0.15, -0.1) is 0 Å². The zero-order valence-corrected chi connectivity index (χ0v) is 10.8. The average Bonchev–Trinajstić information content (AvgIpc) is 2.43. The average molecular weight is 276 g/mol. The molecule has 0 bridgehead atoms. The molecule has 20 heavy (non-hydrogen) atoms. The molecule has 106 valence electrons. The maximum atomic E-state index is 8.79. The third-order valence-electron chi connectivity index (χ3n) is 2.43. The summed E-state index contributed by atoms with van der Waals surface area (Å²) in [7, 11) is 0. The van der Waals surface area contributed by atoms with Crippen LogP contribution in [0.2, 0.25) is 0 Å². The Kier molecular flexibility index (Phi) is 4.51. The molecule has 0 amide bonds. The summed E-state index contributed by atoms with van der Waals surface area (Å²) in [5.41, 5.74) is 11.9. The Morgan fingerprint density at radius 1 is 1.10 bits per heavy atom. The molecule has 8 heteroatoms. The molecule has 0 saturated carbocycles. The predicted molar refractivity (Wildman–Crippen MR) is 75.0 cm³/mol. The van der Waals surface area contributed by atoms with Gasteiger partial charge in [-0.2, -0.15) is 15.0 Å². The summed E-state index contributed by atoms with van der Waals surface area (Å²) in [5, 5.41) is 11.8. The smallest absolute Gasteiger partial charge is 0.229 e. The van der Waals surface area contributed by atoms with E-state index in [1.807, 2.05) is 24.3 Å². The number of aromatic nitrogens is 3. The quantitative estimate of drug-likeness (QED) is 0.580. The van der Waals surface area contributed by atoms with Crippen LogP contribution in [0.4, 0.5) is 17.8 Å². The molecular weight excluding hydrogens is 260 g/mol. The number of aliphatic hydroxyl groups is 1. The molecule has 0 unspecified atom stereocenters. The molecule has 8 nitrogen and oxygen atoms in total. The molecule has 1 aromatic carbocycles. The van der Waals surface area contributed by atoms with Crippen LogP contribution in [0.15, 0.2) is 24.3 Å². The Morgan fingerprint density at radius 3 is 2.50 bits per heavy atom. The number of aliphatic hydroxyl groups excluding tert-OH is 1. The first-order chi connectivity index (χ1) is 9.69. The van der Waals surface area contributed by atoms with Crippen molar-refractivity contribution in [2.75, 3.05) is 30.0 Å². The lowest BCUT2D eigenvalue weighted by Gasteiger charge is -2.11. The first-order valence-electron chi connectivity index (χ1n) is 6.01. The SMILES string of the molecule is Nc1nc(N)nc(NCc2ccccc2OCCO)n1. The first kappa shape index (κ1) is 13.8. The second-order valence-corrected chi connectivity index (χ2v) is 3.91. The normalized spacial score (nSPS) is 10.2. The lowest BCUT2D eigenvalue weighted by atomic mass is 10.2. The van der Waals surface area contributed by atoms with Gasteiger partial charge < -0.3 is 26.6 Å². The number of anilines is 3. The summed E-state index contributed by atoms with van der Waals surface area (Å²) in [4.78, 5) is 11.5. The van der Waals surface area contributed by atoms with Crippen molar-refractivity contribution < 1.29 is 9.84 Å². The van der Waals surface area contributed by atoms with Gasteiger partial charge in [-0.1, -0.05) is 18.2 Å². The van der Waals surface area contributed by atoms with Crippen LogP contribution in [0.3, 0.4) is 0 Å². The summed E-state index contributed by atoms with van der Waals surface area (Å²) in [6, 6.07) is 7.46. The van der Waals surface area contributed by atoms with Crippen LogP contribution in [0.5, 0.6) is 5.75 Å². The Morgan fingerprint density at radius 2 is 1.80 bits per heavy atom. The molecule has 0 atom stereocenters. The molecule has 0 spiro atoms. The topological polar surface area (TPSA) is 132 Å². The fourth-order valence-corrected chi connectivity index (χ4v) is 1.61. The lowest BCUT2D eigenvalue weighted by Crippen LogP contribution is -2.10. The number of nitrogens with one attached hydrogen (secondary N) is 1. The molecule has 1 heterocycles. The Hall–Kier alpha value is -2.61. The number of nitrogens with two attached hydrogens (primary N) is 2. The van der Waals surface area contributed by atoms with Crippen molar-refractivity contribution in [3.8, 4) is 5.75 Å². The molecule has 1 aromatic heterocycles. The molecule has 0 saturated heterocycles. The van der Waals surface area contributed by atoms with Gasteiger partial charge in [-0.25, -0.2) is 0 Å². The Balaban J connectivity index is 2.06. The van der Waals surface area contributed by atoms with Gasteiger partial charge in [-0.05, 0) is 6.07 Å². The third-order valence-corrected chi connectivity index (χ3v) is 2.43. The second kappa shape index (κ2) is 6.53. The van der Waals surface area contributed by atoms with E-state index in [1.165, 1.54) is 0 Å². The molecule has 0 fully saturated rings. The summed E-state index contributed by atoms with van der Waals surface area (Å²) >= 11 is 0. The number of benzene rings is 1. The molecule has 2 rings (SSSR count). The minimum absolute atomic E-state index is 0.0394.